The van der Waals surface area contributed by atoms with Crippen LogP contribution in [-0.2, 0) is 14.8 Å². The van der Waals surface area contributed by atoms with Crippen molar-refractivity contribution >= 4 is 27.6 Å². The normalized spacial score (nSPS) is 15.0. The summed E-state index contributed by atoms with van der Waals surface area (Å²) >= 11 is 6.15. The summed E-state index contributed by atoms with van der Waals surface area (Å²) in [5.74, 6) is -0.768. The average molecular weight is 438 g/mol. The van der Waals surface area contributed by atoms with Crippen LogP contribution in [0.15, 0.2) is 41.3 Å². The zero-order chi connectivity index (χ0) is 21.2. The summed E-state index contributed by atoms with van der Waals surface area (Å²) in [6.07, 6.45) is 3.82. The molecule has 6 nitrogen and oxygen atoms in total. The van der Waals surface area contributed by atoms with Gasteiger partial charge in [0.25, 0.3) is 0 Å². The van der Waals surface area contributed by atoms with Crippen LogP contribution < -0.4 is 4.74 Å². The van der Waals surface area contributed by atoms with Crippen molar-refractivity contribution in [2.24, 2.45) is 0 Å². The summed E-state index contributed by atoms with van der Waals surface area (Å²) < 4.78 is 33.2. The number of rotatable bonds is 7. The van der Waals surface area contributed by atoms with Gasteiger partial charge in [0.15, 0.2) is 6.61 Å². The molecule has 0 spiro atoms. The molecule has 1 N–H and O–H groups in total. The van der Waals surface area contributed by atoms with E-state index in [1.54, 1.807) is 43.4 Å². The van der Waals surface area contributed by atoms with E-state index in [4.69, 9.17) is 21.4 Å². The lowest BCUT2D eigenvalue weighted by molar-refractivity contribution is -0.139. The van der Waals surface area contributed by atoms with Gasteiger partial charge in [-0.1, -0.05) is 30.5 Å². The lowest BCUT2D eigenvalue weighted by Crippen LogP contribution is -2.35. The monoisotopic (exact) mass is 437 g/mol. The standard InChI is InChI=1S/C21H24ClNO5S/c1-14-7-9-17(29(26,27)23(2)16-5-3-4-6-16)12-18(14)19-11-15(22)8-10-20(19)28-13-21(24)25/h7-12,16H,3-6,13H2,1-2H3,(H,24,25). The fraction of sp³-hybridized carbons (Fsp3) is 0.381. The molecule has 0 aromatic heterocycles. The molecule has 0 saturated heterocycles. The number of aryl methyl sites for hydroxylation is 1. The Balaban J connectivity index is 2.04. The molecule has 0 unspecified atom stereocenters. The Hall–Kier alpha value is -2.09. The molecule has 1 aliphatic rings. The van der Waals surface area contributed by atoms with E-state index >= 15 is 0 Å². The number of carbonyl (C=O) groups is 1. The third-order valence-electron chi connectivity index (χ3n) is 5.31. The molecule has 3 rings (SSSR count). The number of carboxylic acids is 1. The molecule has 0 aliphatic heterocycles. The molecule has 0 heterocycles. The van der Waals surface area contributed by atoms with Gasteiger partial charge in [-0.25, -0.2) is 13.2 Å². The smallest absolute Gasteiger partial charge is 0.341 e. The van der Waals surface area contributed by atoms with Crippen molar-refractivity contribution in [1.82, 2.24) is 4.31 Å². The van der Waals surface area contributed by atoms with Crippen molar-refractivity contribution < 1.29 is 23.1 Å². The number of hydrogen-bond acceptors (Lipinski definition) is 4. The third-order valence-corrected chi connectivity index (χ3v) is 7.45. The fourth-order valence-electron chi connectivity index (χ4n) is 3.66. The van der Waals surface area contributed by atoms with Gasteiger partial charge < -0.3 is 9.84 Å². The number of benzene rings is 2. The molecule has 0 amide bonds. The predicted octanol–water partition coefficient (Wildman–Crippen LogP) is 4.34. The molecule has 0 bridgehead atoms. The molecule has 29 heavy (non-hydrogen) atoms. The molecule has 0 atom stereocenters. The van der Waals surface area contributed by atoms with Gasteiger partial charge in [-0.3, -0.25) is 0 Å². The van der Waals surface area contributed by atoms with Crippen molar-refractivity contribution in [2.45, 2.75) is 43.5 Å². The zero-order valence-electron chi connectivity index (χ0n) is 16.4. The van der Waals surface area contributed by atoms with Gasteiger partial charge >= 0.3 is 5.97 Å². The van der Waals surface area contributed by atoms with E-state index in [0.717, 1.165) is 31.2 Å². The van der Waals surface area contributed by atoms with Crippen LogP contribution in [0.1, 0.15) is 31.2 Å². The summed E-state index contributed by atoms with van der Waals surface area (Å²) in [6.45, 7) is 1.35. The highest BCUT2D eigenvalue weighted by molar-refractivity contribution is 7.89. The highest BCUT2D eigenvalue weighted by Gasteiger charge is 2.30. The maximum absolute atomic E-state index is 13.2. The second-order valence-electron chi connectivity index (χ2n) is 7.26. The molecule has 2 aromatic rings. The molecular weight excluding hydrogens is 414 g/mol. The number of nitrogens with zero attached hydrogens (tertiary/aromatic N) is 1. The number of hydrogen-bond donors (Lipinski definition) is 1. The molecule has 0 radical (unpaired) electrons. The SMILES string of the molecule is Cc1ccc(S(=O)(=O)N(C)C2CCCC2)cc1-c1cc(Cl)ccc1OCC(=O)O. The number of halogens is 1. The second kappa shape index (κ2) is 8.73. The lowest BCUT2D eigenvalue weighted by Gasteiger charge is -2.24. The first-order chi connectivity index (χ1) is 13.7. The van der Waals surface area contributed by atoms with Crippen LogP contribution in [0.4, 0.5) is 0 Å². The molecule has 2 aromatic carbocycles. The fourth-order valence-corrected chi connectivity index (χ4v) is 5.27. The average Bonchev–Trinajstić information content (AvgIpc) is 3.21. The Labute approximate surface area is 176 Å². The number of ether oxygens (including phenoxy) is 1. The van der Waals surface area contributed by atoms with Crippen LogP contribution in [-0.4, -0.2) is 43.5 Å². The van der Waals surface area contributed by atoms with Crippen molar-refractivity contribution in [3.05, 3.63) is 47.0 Å². The van der Waals surface area contributed by atoms with E-state index < -0.39 is 22.6 Å². The maximum Gasteiger partial charge on any atom is 0.341 e. The summed E-state index contributed by atoms with van der Waals surface area (Å²) in [4.78, 5) is 11.1. The van der Waals surface area contributed by atoms with Crippen LogP contribution >= 0.6 is 11.6 Å². The highest BCUT2D eigenvalue weighted by atomic mass is 35.5. The minimum Gasteiger partial charge on any atom is -0.481 e. The van der Waals surface area contributed by atoms with Crippen LogP contribution in [0.5, 0.6) is 5.75 Å². The lowest BCUT2D eigenvalue weighted by atomic mass is 10.00. The third kappa shape index (κ3) is 4.74. The molecule has 156 valence electrons. The summed E-state index contributed by atoms with van der Waals surface area (Å²) in [7, 11) is -2.02. The quantitative estimate of drug-likeness (QED) is 0.696. The Kier molecular flexibility index (Phi) is 6.51. The first-order valence-corrected chi connectivity index (χ1v) is 11.2. The predicted molar refractivity (Wildman–Crippen MR) is 112 cm³/mol. The first-order valence-electron chi connectivity index (χ1n) is 9.43. The molecule has 1 fully saturated rings. The molecule has 1 aliphatic carbocycles. The number of aliphatic carboxylic acids is 1. The molecule has 1 saturated carbocycles. The van der Waals surface area contributed by atoms with Crippen molar-refractivity contribution in [1.29, 1.82) is 0 Å². The molecule has 8 heteroatoms. The van der Waals surface area contributed by atoms with Gasteiger partial charge in [0, 0.05) is 23.7 Å². The van der Waals surface area contributed by atoms with Crippen LogP contribution in [0.3, 0.4) is 0 Å². The molecular formula is C21H24ClNO5S. The van der Waals surface area contributed by atoms with E-state index in [1.165, 1.54) is 4.31 Å². The number of carboxylic acid groups (broad SMARTS) is 1. The Morgan fingerprint density at radius 2 is 1.86 bits per heavy atom. The van der Waals surface area contributed by atoms with Gasteiger partial charge in [-0.15, -0.1) is 0 Å². The van der Waals surface area contributed by atoms with Crippen molar-refractivity contribution in [2.75, 3.05) is 13.7 Å². The van der Waals surface area contributed by atoms with Gasteiger partial charge in [0.2, 0.25) is 10.0 Å². The van der Waals surface area contributed by atoms with E-state index in [1.807, 2.05) is 6.92 Å². The summed E-state index contributed by atoms with van der Waals surface area (Å²) in [6, 6.07) is 9.81. The summed E-state index contributed by atoms with van der Waals surface area (Å²) in [5, 5.41) is 9.37. The van der Waals surface area contributed by atoms with Gasteiger partial charge in [-0.2, -0.15) is 4.31 Å². The van der Waals surface area contributed by atoms with E-state index in [9.17, 15) is 13.2 Å². The number of sulfonamides is 1. The summed E-state index contributed by atoms with van der Waals surface area (Å²) in [5.41, 5.74) is 2.01. The Morgan fingerprint density at radius 3 is 2.52 bits per heavy atom. The van der Waals surface area contributed by atoms with E-state index in [2.05, 4.69) is 0 Å². The van der Waals surface area contributed by atoms with Crippen LogP contribution in [0.2, 0.25) is 5.02 Å². The second-order valence-corrected chi connectivity index (χ2v) is 9.69. The first kappa shape index (κ1) is 21.6. The minimum atomic E-state index is -3.65. The van der Waals surface area contributed by atoms with Gasteiger partial charge in [0.1, 0.15) is 5.75 Å². The van der Waals surface area contributed by atoms with Crippen LogP contribution in [0.25, 0.3) is 11.1 Å². The maximum atomic E-state index is 13.2. The van der Waals surface area contributed by atoms with Gasteiger partial charge in [-0.05, 0) is 61.2 Å². The van der Waals surface area contributed by atoms with Crippen molar-refractivity contribution in [3.63, 3.8) is 0 Å². The van der Waals surface area contributed by atoms with Gasteiger partial charge in [0.05, 0.1) is 4.90 Å². The Bertz CT molecular complexity index is 1020. The Morgan fingerprint density at radius 1 is 1.17 bits per heavy atom. The topological polar surface area (TPSA) is 83.9 Å². The van der Waals surface area contributed by atoms with E-state index in [0.29, 0.717) is 21.9 Å². The van der Waals surface area contributed by atoms with Crippen molar-refractivity contribution in [3.8, 4) is 16.9 Å². The largest absolute Gasteiger partial charge is 0.481 e. The van der Waals surface area contributed by atoms with Crippen LogP contribution in [0, 0.1) is 6.92 Å². The van der Waals surface area contributed by atoms with E-state index in [-0.39, 0.29) is 10.9 Å². The zero-order valence-corrected chi connectivity index (χ0v) is 18.0. The minimum absolute atomic E-state index is 0.0189. The highest BCUT2D eigenvalue weighted by Crippen LogP contribution is 2.37.